The van der Waals surface area contributed by atoms with Gasteiger partial charge in [0.05, 0.1) is 23.8 Å². The van der Waals surface area contributed by atoms with Gasteiger partial charge in [0, 0.05) is 24.1 Å². The van der Waals surface area contributed by atoms with E-state index in [1.807, 2.05) is 54.7 Å². The summed E-state index contributed by atoms with van der Waals surface area (Å²) < 4.78 is 2.21. The number of pyridine rings is 1. The second kappa shape index (κ2) is 11.2. The summed E-state index contributed by atoms with van der Waals surface area (Å²) in [5.74, 6) is 0.801. The van der Waals surface area contributed by atoms with Crippen molar-refractivity contribution in [2.24, 2.45) is 0 Å². The summed E-state index contributed by atoms with van der Waals surface area (Å²) in [6, 6.07) is 28.4. The third kappa shape index (κ3) is 5.66. The largest absolute Gasteiger partial charge is 0.352 e. The number of aryl methyl sites for hydroxylation is 1. The molecule has 0 bridgehead atoms. The van der Waals surface area contributed by atoms with Crippen molar-refractivity contribution in [2.45, 2.75) is 30.8 Å². The van der Waals surface area contributed by atoms with Gasteiger partial charge in [-0.2, -0.15) is 0 Å². The van der Waals surface area contributed by atoms with Gasteiger partial charge in [-0.15, -0.1) is 0 Å². The van der Waals surface area contributed by atoms with Crippen LogP contribution in [0, 0.1) is 6.92 Å². The fourth-order valence-electron chi connectivity index (χ4n) is 4.14. The van der Waals surface area contributed by atoms with E-state index >= 15 is 0 Å². The number of nitrogens with zero attached hydrogens (tertiary/aromatic N) is 3. The average molecular weight is 493 g/mol. The van der Waals surface area contributed by atoms with Crippen LogP contribution in [0.1, 0.15) is 32.6 Å². The molecule has 5 aromatic rings. The monoisotopic (exact) mass is 492 g/mol. The number of rotatable bonds is 9. The Balaban J connectivity index is 1.27. The van der Waals surface area contributed by atoms with E-state index in [1.54, 1.807) is 18.0 Å². The maximum atomic E-state index is 12.6. The Morgan fingerprint density at radius 2 is 1.69 bits per heavy atom. The van der Waals surface area contributed by atoms with Crippen molar-refractivity contribution in [1.29, 1.82) is 0 Å². The molecule has 6 heteroatoms. The molecule has 0 fully saturated rings. The molecule has 0 aliphatic rings. The van der Waals surface area contributed by atoms with Crippen LogP contribution in [0.2, 0.25) is 0 Å². The maximum Gasteiger partial charge on any atom is 0.251 e. The molecular formula is C30H28N4OS. The molecule has 3 aromatic carbocycles. The van der Waals surface area contributed by atoms with Crippen molar-refractivity contribution in [1.82, 2.24) is 19.9 Å². The lowest BCUT2D eigenvalue weighted by molar-refractivity contribution is 0.0954. The lowest BCUT2D eigenvalue weighted by Crippen LogP contribution is -2.25. The van der Waals surface area contributed by atoms with Gasteiger partial charge in [0.2, 0.25) is 0 Å². The number of carbonyl (C=O) groups is 1. The summed E-state index contributed by atoms with van der Waals surface area (Å²) in [5, 5.41) is 3.98. The van der Waals surface area contributed by atoms with Crippen molar-refractivity contribution in [3.05, 3.63) is 125 Å². The van der Waals surface area contributed by atoms with E-state index in [4.69, 9.17) is 4.98 Å². The van der Waals surface area contributed by atoms with Gasteiger partial charge in [0.15, 0.2) is 5.16 Å². The molecule has 0 unspecified atom stereocenters. The van der Waals surface area contributed by atoms with Crippen molar-refractivity contribution in [2.75, 3.05) is 6.54 Å². The Labute approximate surface area is 215 Å². The van der Waals surface area contributed by atoms with Gasteiger partial charge >= 0.3 is 0 Å². The highest BCUT2D eigenvalue weighted by Crippen LogP contribution is 2.28. The third-order valence-corrected chi connectivity index (χ3v) is 7.26. The molecule has 1 N–H and O–H groups in total. The number of fused-ring (bicyclic) bond motifs is 1. The molecule has 180 valence electrons. The molecule has 0 radical (unpaired) electrons. The van der Waals surface area contributed by atoms with Gasteiger partial charge in [-0.05, 0) is 53.8 Å². The van der Waals surface area contributed by atoms with Gasteiger partial charge in [0.25, 0.3) is 5.91 Å². The van der Waals surface area contributed by atoms with E-state index in [9.17, 15) is 4.79 Å². The van der Waals surface area contributed by atoms with Crippen LogP contribution < -0.4 is 5.32 Å². The van der Waals surface area contributed by atoms with Crippen molar-refractivity contribution < 1.29 is 4.79 Å². The molecule has 0 aliphatic heterocycles. The Kier molecular flexibility index (Phi) is 7.43. The highest BCUT2D eigenvalue weighted by atomic mass is 32.2. The zero-order chi connectivity index (χ0) is 24.7. The molecule has 0 atom stereocenters. The number of hydrogen-bond donors (Lipinski definition) is 1. The molecule has 0 saturated heterocycles. The quantitative estimate of drug-likeness (QED) is 0.254. The van der Waals surface area contributed by atoms with Crippen molar-refractivity contribution in [3.8, 4) is 0 Å². The molecule has 0 aliphatic carbocycles. The fraction of sp³-hybridized carbons (Fsp3) is 0.167. The van der Waals surface area contributed by atoms with E-state index < -0.39 is 0 Å². The number of nitrogens with one attached hydrogen (secondary N) is 1. The Morgan fingerprint density at radius 1 is 0.917 bits per heavy atom. The van der Waals surface area contributed by atoms with Gasteiger partial charge in [-0.1, -0.05) is 78.5 Å². The normalized spacial score (nSPS) is 11.0. The fourth-order valence-corrected chi connectivity index (χ4v) is 5.23. The molecule has 1 amide bonds. The van der Waals surface area contributed by atoms with Gasteiger partial charge in [-0.3, -0.25) is 9.78 Å². The molecule has 2 heterocycles. The standard InChI is InChI=1S/C30H28N4OS/c1-22-7-5-6-10-26(22)21-36-30-33-27-16-17-31-19-28(27)34(30)20-24-11-13-25(14-12-24)29(35)32-18-15-23-8-3-2-4-9-23/h2-14,16-17,19H,15,18,20-21H2,1H3,(H,32,35). The van der Waals surface area contributed by atoms with Crippen LogP contribution in [-0.4, -0.2) is 27.0 Å². The first-order valence-corrected chi connectivity index (χ1v) is 13.0. The van der Waals surface area contributed by atoms with E-state index in [0.29, 0.717) is 18.7 Å². The summed E-state index contributed by atoms with van der Waals surface area (Å²) in [7, 11) is 0. The summed E-state index contributed by atoms with van der Waals surface area (Å²) in [5.41, 5.74) is 7.52. The number of benzene rings is 3. The topological polar surface area (TPSA) is 59.8 Å². The molecule has 2 aromatic heterocycles. The van der Waals surface area contributed by atoms with Crippen LogP contribution in [-0.2, 0) is 18.7 Å². The summed E-state index contributed by atoms with van der Waals surface area (Å²) in [4.78, 5) is 21.8. The van der Waals surface area contributed by atoms with E-state index in [1.165, 1.54) is 16.7 Å². The van der Waals surface area contributed by atoms with Gasteiger partial charge < -0.3 is 9.88 Å². The first kappa shape index (κ1) is 23.8. The van der Waals surface area contributed by atoms with Crippen LogP contribution in [0.4, 0.5) is 0 Å². The molecule has 5 nitrogen and oxygen atoms in total. The minimum atomic E-state index is -0.0516. The molecule has 5 rings (SSSR count). The number of thioether (sulfide) groups is 1. The smallest absolute Gasteiger partial charge is 0.251 e. The second-order valence-electron chi connectivity index (χ2n) is 8.75. The number of imidazole rings is 1. The number of amides is 1. The van der Waals surface area contributed by atoms with E-state index in [2.05, 4.69) is 58.2 Å². The molecule has 0 spiro atoms. The Hall–Kier alpha value is -3.90. The minimum absolute atomic E-state index is 0.0516. The predicted molar refractivity (Wildman–Crippen MR) is 146 cm³/mol. The zero-order valence-electron chi connectivity index (χ0n) is 20.2. The van der Waals surface area contributed by atoms with Crippen LogP contribution in [0.15, 0.2) is 102 Å². The Bertz CT molecular complexity index is 1460. The lowest BCUT2D eigenvalue weighted by Gasteiger charge is -2.11. The Morgan fingerprint density at radius 3 is 2.50 bits per heavy atom. The zero-order valence-corrected chi connectivity index (χ0v) is 21.0. The number of aromatic nitrogens is 3. The summed E-state index contributed by atoms with van der Waals surface area (Å²) in [6.45, 7) is 3.41. The molecule has 0 saturated carbocycles. The highest BCUT2D eigenvalue weighted by molar-refractivity contribution is 7.98. The van der Waals surface area contributed by atoms with E-state index in [0.717, 1.165) is 33.9 Å². The first-order valence-electron chi connectivity index (χ1n) is 12.1. The van der Waals surface area contributed by atoms with Crippen molar-refractivity contribution in [3.63, 3.8) is 0 Å². The minimum Gasteiger partial charge on any atom is -0.352 e. The van der Waals surface area contributed by atoms with Crippen LogP contribution in [0.25, 0.3) is 11.0 Å². The first-order chi connectivity index (χ1) is 17.7. The predicted octanol–water partition coefficient (Wildman–Crippen LogP) is 6.05. The molecular weight excluding hydrogens is 464 g/mol. The van der Waals surface area contributed by atoms with Gasteiger partial charge in [-0.25, -0.2) is 4.98 Å². The molecule has 36 heavy (non-hydrogen) atoms. The lowest BCUT2D eigenvalue weighted by atomic mass is 10.1. The average Bonchev–Trinajstić information content (AvgIpc) is 3.26. The SMILES string of the molecule is Cc1ccccc1CSc1nc2ccncc2n1Cc1ccc(C(=O)NCCc2ccccc2)cc1. The van der Waals surface area contributed by atoms with Crippen LogP contribution in [0.5, 0.6) is 0 Å². The summed E-state index contributed by atoms with van der Waals surface area (Å²) in [6.07, 6.45) is 4.46. The van der Waals surface area contributed by atoms with Crippen LogP contribution >= 0.6 is 11.8 Å². The third-order valence-electron chi connectivity index (χ3n) is 6.23. The second-order valence-corrected chi connectivity index (χ2v) is 9.69. The number of carbonyl (C=O) groups excluding carboxylic acids is 1. The van der Waals surface area contributed by atoms with Crippen molar-refractivity contribution >= 4 is 28.7 Å². The number of hydrogen-bond acceptors (Lipinski definition) is 4. The maximum absolute atomic E-state index is 12.6. The van der Waals surface area contributed by atoms with E-state index in [-0.39, 0.29) is 5.91 Å². The van der Waals surface area contributed by atoms with Crippen LogP contribution in [0.3, 0.4) is 0 Å². The summed E-state index contributed by atoms with van der Waals surface area (Å²) >= 11 is 1.73. The van der Waals surface area contributed by atoms with Gasteiger partial charge in [0.1, 0.15) is 0 Å². The highest BCUT2D eigenvalue weighted by Gasteiger charge is 2.13.